The van der Waals surface area contributed by atoms with Crippen LogP contribution in [0.4, 0.5) is 5.69 Å². The summed E-state index contributed by atoms with van der Waals surface area (Å²) in [5, 5.41) is 0.797. The third-order valence-corrected chi connectivity index (χ3v) is 4.61. The molecule has 1 saturated heterocycles. The van der Waals surface area contributed by atoms with Crippen LogP contribution in [0, 0.1) is 0 Å². The maximum Gasteiger partial charge on any atom is 0.0608 e. The third kappa shape index (κ3) is 6.54. The van der Waals surface area contributed by atoms with Gasteiger partial charge in [0.2, 0.25) is 0 Å². The van der Waals surface area contributed by atoms with Crippen LogP contribution in [0.2, 0.25) is 5.02 Å². The quantitative estimate of drug-likeness (QED) is 0.496. The lowest BCUT2D eigenvalue weighted by Gasteiger charge is -2.33. The highest BCUT2D eigenvalue weighted by Gasteiger charge is 2.19. The van der Waals surface area contributed by atoms with Gasteiger partial charge in [-0.3, -0.25) is 0 Å². The molecule has 1 aromatic carbocycles. The molecule has 1 fully saturated rings. The van der Waals surface area contributed by atoms with E-state index >= 15 is 0 Å². The molecular weight excluding hydrogens is 308 g/mol. The molecule has 0 aromatic heterocycles. The summed E-state index contributed by atoms with van der Waals surface area (Å²) in [4.78, 5) is 4.71. The summed E-state index contributed by atoms with van der Waals surface area (Å²) >= 11 is 5.95. The summed E-state index contributed by atoms with van der Waals surface area (Å²) in [7, 11) is 2.13. The minimum absolute atomic E-state index is 0.421. The van der Waals surface area contributed by atoms with Gasteiger partial charge in [-0.1, -0.05) is 17.7 Å². The normalized spacial score (nSPS) is 16.0. The Labute approximate surface area is 145 Å². The van der Waals surface area contributed by atoms with Crippen LogP contribution in [0.15, 0.2) is 36.9 Å². The molecule has 0 atom stereocenters. The lowest BCUT2D eigenvalue weighted by molar-refractivity contribution is 0.0342. The molecular formula is C19H29ClN2O. The Hall–Kier alpha value is -1.03. The molecule has 0 aliphatic carbocycles. The topological polar surface area (TPSA) is 15.7 Å². The fraction of sp³-hybridized carbons (Fsp3) is 0.579. The van der Waals surface area contributed by atoms with E-state index in [9.17, 15) is 0 Å². The molecule has 0 amide bonds. The monoisotopic (exact) mass is 336 g/mol. The molecule has 4 heteroatoms. The smallest absolute Gasteiger partial charge is 0.0608 e. The van der Waals surface area contributed by atoms with Gasteiger partial charge in [-0.2, -0.15) is 0 Å². The number of anilines is 1. The Bertz CT molecular complexity index is 455. The lowest BCUT2D eigenvalue weighted by atomic mass is 10.1. The molecule has 0 saturated carbocycles. The number of piperidine rings is 1. The van der Waals surface area contributed by atoms with Gasteiger partial charge in [0.05, 0.1) is 6.10 Å². The Morgan fingerprint density at radius 3 is 2.61 bits per heavy atom. The second-order valence-electron chi connectivity index (χ2n) is 6.29. The van der Waals surface area contributed by atoms with Crippen molar-refractivity contribution in [1.82, 2.24) is 4.90 Å². The highest BCUT2D eigenvalue weighted by atomic mass is 35.5. The summed E-state index contributed by atoms with van der Waals surface area (Å²) in [6.45, 7) is 8.85. The second-order valence-corrected chi connectivity index (χ2v) is 6.73. The minimum atomic E-state index is 0.421. The summed E-state index contributed by atoms with van der Waals surface area (Å²) in [5.41, 5.74) is 1.26. The number of unbranched alkanes of at least 4 members (excludes halogenated alkanes) is 1. The summed E-state index contributed by atoms with van der Waals surface area (Å²) in [5.74, 6) is 0. The Kier molecular flexibility index (Phi) is 7.93. The highest BCUT2D eigenvalue weighted by molar-refractivity contribution is 6.30. The largest absolute Gasteiger partial charge is 0.378 e. The van der Waals surface area contributed by atoms with Gasteiger partial charge in [-0.25, -0.2) is 0 Å². The number of hydrogen-bond acceptors (Lipinski definition) is 3. The first-order chi connectivity index (χ1) is 11.2. The van der Waals surface area contributed by atoms with Crippen LogP contribution in [-0.2, 0) is 4.74 Å². The first kappa shape index (κ1) is 18.3. The molecule has 2 rings (SSSR count). The van der Waals surface area contributed by atoms with Crippen molar-refractivity contribution < 1.29 is 4.74 Å². The van der Waals surface area contributed by atoms with Gasteiger partial charge in [-0.05, 0) is 63.5 Å². The molecule has 1 heterocycles. The minimum Gasteiger partial charge on any atom is -0.378 e. The van der Waals surface area contributed by atoms with Crippen molar-refractivity contribution in [1.29, 1.82) is 0 Å². The molecule has 0 N–H and O–H groups in total. The van der Waals surface area contributed by atoms with Crippen molar-refractivity contribution in [3.8, 4) is 0 Å². The highest BCUT2D eigenvalue weighted by Crippen LogP contribution is 2.23. The second kappa shape index (κ2) is 9.96. The van der Waals surface area contributed by atoms with Crippen molar-refractivity contribution in [3.05, 3.63) is 41.9 Å². The predicted octanol–water partition coefficient (Wildman–Crippen LogP) is 4.22. The predicted molar refractivity (Wildman–Crippen MR) is 99.6 cm³/mol. The number of likely N-dealkylation sites (N-methyl/N-ethyl adjacent to an activating group) is 1. The zero-order valence-electron chi connectivity index (χ0n) is 14.2. The molecule has 1 aromatic rings. The Morgan fingerprint density at radius 2 is 1.96 bits per heavy atom. The van der Waals surface area contributed by atoms with Gasteiger partial charge < -0.3 is 14.5 Å². The molecule has 128 valence electrons. The van der Waals surface area contributed by atoms with Gasteiger partial charge in [0, 0.05) is 37.0 Å². The molecule has 0 unspecified atom stereocenters. The van der Waals surface area contributed by atoms with E-state index in [4.69, 9.17) is 16.3 Å². The number of halogens is 1. The summed E-state index contributed by atoms with van der Waals surface area (Å²) < 4.78 is 6.04. The van der Waals surface area contributed by atoms with Crippen LogP contribution in [0.25, 0.3) is 0 Å². The van der Waals surface area contributed by atoms with Crippen molar-refractivity contribution >= 4 is 17.3 Å². The summed E-state index contributed by atoms with van der Waals surface area (Å²) in [6, 6.07) is 8.12. The Balaban J connectivity index is 1.58. The van der Waals surface area contributed by atoms with Crippen molar-refractivity contribution in [2.75, 3.05) is 44.7 Å². The molecule has 1 aliphatic rings. The van der Waals surface area contributed by atoms with Crippen molar-refractivity contribution in [2.45, 2.75) is 31.8 Å². The molecule has 3 nitrogen and oxygen atoms in total. The van der Waals surface area contributed by atoms with Crippen LogP contribution in [0.3, 0.4) is 0 Å². The number of nitrogens with zero attached hydrogens (tertiary/aromatic N) is 2. The number of rotatable bonds is 9. The van der Waals surface area contributed by atoms with Crippen LogP contribution < -0.4 is 4.90 Å². The van der Waals surface area contributed by atoms with Gasteiger partial charge in [0.15, 0.2) is 0 Å². The molecule has 0 radical (unpaired) electrons. The van der Waals surface area contributed by atoms with Crippen molar-refractivity contribution in [3.63, 3.8) is 0 Å². The third-order valence-electron chi connectivity index (χ3n) is 4.36. The fourth-order valence-electron chi connectivity index (χ4n) is 2.98. The zero-order chi connectivity index (χ0) is 16.5. The van der Waals surface area contributed by atoms with E-state index in [1.165, 1.54) is 12.1 Å². The molecule has 0 bridgehead atoms. The van der Waals surface area contributed by atoms with E-state index in [1.807, 2.05) is 18.2 Å². The van der Waals surface area contributed by atoms with Gasteiger partial charge in [0.1, 0.15) is 0 Å². The van der Waals surface area contributed by atoms with E-state index in [-0.39, 0.29) is 0 Å². The first-order valence-electron chi connectivity index (χ1n) is 8.60. The molecule has 23 heavy (non-hydrogen) atoms. The Morgan fingerprint density at radius 1 is 1.26 bits per heavy atom. The number of benzene rings is 1. The average molecular weight is 337 g/mol. The molecule has 0 spiro atoms. The van der Waals surface area contributed by atoms with Crippen LogP contribution >= 0.6 is 11.6 Å². The average Bonchev–Trinajstić information content (AvgIpc) is 2.56. The summed E-state index contributed by atoms with van der Waals surface area (Å²) in [6.07, 6.45) is 6.92. The first-order valence-corrected chi connectivity index (χ1v) is 8.98. The maximum atomic E-state index is 6.04. The zero-order valence-corrected chi connectivity index (χ0v) is 15.0. The van der Waals surface area contributed by atoms with Crippen LogP contribution in [-0.4, -0.2) is 50.8 Å². The van der Waals surface area contributed by atoms with E-state index < -0.39 is 0 Å². The van der Waals surface area contributed by atoms with Gasteiger partial charge in [-0.15, -0.1) is 6.58 Å². The lowest BCUT2D eigenvalue weighted by Crippen LogP contribution is -2.37. The van der Waals surface area contributed by atoms with E-state index in [0.29, 0.717) is 6.10 Å². The van der Waals surface area contributed by atoms with Crippen LogP contribution in [0.5, 0.6) is 0 Å². The maximum absolute atomic E-state index is 6.04. The van der Waals surface area contributed by atoms with Gasteiger partial charge >= 0.3 is 0 Å². The standard InChI is InChI=1S/C19H29ClN2O/c1-3-12-21(2)13-4-5-16-23-19-10-14-22(15-11-19)18-8-6-17(20)7-9-18/h3,6-9,19H,1,4-5,10-16H2,2H3. The SMILES string of the molecule is C=CCN(C)CCCCOC1CCN(c2ccc(Cl)cc2)CC1. The van der Waals surface area contributed by atoms with E-state index in [2.05, 4.69) is 35.6 Å². The van der Waals surface area contributed by atoms with E-state index in [1.54, 1.807) is 0 Å². The fourth-order valence-corrected chi connectivity index (χ4v) is 3.10. The van der Waals surface area contributed by atoms with Crippen molar-refractivity contribution in [2.24, 2.45) is 0 Å². The van der Waals surface area contributed by atoms with Crippen LogP contribution in [0.1, 0.15) is 25.7 Å². The number of ether oxygens (including phenoxy) is 1. The van der Waals surface area contributed by atoms with Gasteiger partial charge in [0.25, 0.3) is 0 Å². The number of hydrogen-bond donors (Lipinski definition) is 0. The van der Waals surface area contributed by atoms with E-state index in [0.717, 1.165) is 57.1 Å². The molecule has 1 aliphatic heterocycles.